The first-order chi connectivity index (χ1) is 10.3. The van der Waals surface area contributed by atoms with Gasteiger partial charge in [-0.05, 0) is 25.0 Å². The van der Waals surface area contributed by atoms with Gasteiger partial charge in [-0.3, -0.25) is 9.78 Å². The fourth-order valence-electron chi connectivity index (χ4n) is 1.99. The zero-order valence-electron chi connectivity index (χ0n) is 12.5. The second-order valence-electron chi connectivity index (χ2n) is 5.28. The van der Waals surface area contributed by atoms with Gasteiger partial charge in [0, 0.05) is 6.20 Å². The molecule has 0 aliphatic rings. The van der Waals surface area contributed by atoms with E-state index < -0.39 is 15.9 Å². The molecule has 7 nitrogen and oxygen atoms in total. The van der Waals surface area contributed by atoms with Crippen LogP contribution in [0.3, 0.4) is 0 Å². The van der Waals surface area contributed by atoms with Crippen molar-refractivity contribution in [2.24, 2.45) is 5.92 Å². The van der Waals surface area contributed by atoms with E-state index >= 15 is 0 Å². The number of amides is 1. The minimum absolute atomic E-state index is 0.0750. The van der Waals surface area contributed by atoms with Gasteiger partial charge in [-0.2, -0.15) is 0 Å². The van der Waals surface area contributed by atoms with Crippen molar-refractivity contribution >= 4 is 15.9 Å². The normalized spacial score (nSPS) is 11.6. The number of carbonyl (C=O) groups is 1. The molecule has 118 valence electrons. The molecule has 0 aliphatic heterocycles. The molecule has 22 heavy (non-hydrogen) atoms. The van der Waals surface area contributed by atoms with E-state index in [9.17, 15) is 13.2 Å². The standard InChI is InChI=1S/C14H17N3O4S/c1-9(2)8-22(19,20)17-14(18)12-10(3)21-16-13(12)11-6-4-5-7-15-11/h4-7,9H,8H2,1-3H3,(H,17,18). The van der Waals surface area contributed by atoms with Gasteiger partial charge in [-0.1, -0.05) is 25.1 Å². The molecule has 0 unspecified atom stereocenters. The first kappa shape index (κ1) is 16.2. The highest BCUT2D eigenvalue weighted by Crippen LogP contribution is 2.23. The van der Waals surface area contributed by atoms with Crippen LogP contribution >= 0.6 is 0 Å². The van der Waals surface area contributed by atoms with Gasteiger partial charge < -0.3 is 4.52 Å². The summed E-state index contributed by atoms with van der Waals surface area (Å²) in [6, 6.07) is 5.13. The Bertz CT molecular complexity index is 767. The number of aryl methyl sites for hydroxylation is 1. The average Bonchev–Trinajstić information content (AvgIpc) is 2.79. The maximum absolute atomic E-state index is 12.3. The number of hydrogen-bond donors (Lipinski definition) is 1. The lowest BCUT2D eigenvalue weighted by Crippen LogP contribution is -2.34. The molecule has 0 aliphatic carbocycles. The molecule has 0 atom stereocenters. The highest BCUT2D eigenvalue weighted by Gasteiger charge is 2.26. The van der Waals surface area contributed by atoms with Crippen LogP contribution in [0.15, 0.2) is 28.9 Å². The van der Waals surface area contributed by atoms with Gasteiger partial charge >= 0.3 is 0 Å². The lowest BCUT2D eigenvalue weighted by atomic mass is 10.1. The number of carbonyl (C=O) groups excluding carboxylic acids is 1. The fourth-order valence-corrected chi connectivity index (χ4v) is 3.34. The Morgan fingerprint density at radius 2 is 2.09 bits per heavy atom. The molecule has 0 bridgehead atoms. The summed E-state index contributed by atoms with van der Waals surface area (Å²) in [7, 11) is -3.71. The van der Waals surface area contributed by atoms with Crippen molar-refractivity contribution in [3.63, 3.8) is 0 Å². The van der Waals surface area contributed by atoms with Gasteiger partial charge in [-0.15, -0.1) is 0 Å². The van der Waals surface area contributed by atoms with Crippen LogP contribution in [0.25, 0.3) is 11.4 Å². The van der Waals surface area contributed by atoms with Crippen molar-refractivity contribution in [1.29, 1.82) is 0 Å². The third-order valence-corrected chi connectivity index (χ3v) is 4.40. The van der Waals surface area contributed by atoms with Crippen molar-refractivity contribution in [1.82, 2.24) is 14.9 Å². The van der Waals surface area contributed by atoms with Crippen molar-refractivity contribution in [3.8, 4) is 11.4 Å². The summed E-state index contributed by atoms with van der Waals surface area (Å²) in [6.07, 6.45) is 1.55. The lowest BCUT2D eigenvalue weighted by Gasteiger charge is -2.08. The zero-order chi connectivity index (χ0) is 16.3. The molecule has 2 heterocycles. The first-order valence-electron chi connectivity index (χ1n) is 6.72. The highest BCUT2D eigenvalue weighted by atomic mass is 32.2. The smallest absolute Gasteiger partial charge is 0.270 e. The lowest BCUT2D eigenvalue weighted by molar-refractivity contribution is 0.0980. The number of rotatable bonds is 5. The van der Waals surface area contributed by atoms with Crippen LogP contribution in [0.5, 0.6) is 0 Å². The van der Waals surface area contributed by atoms with Crippen LogP contribution in [0.2, 0.25) is 0 Å². The van der Waals surface area contributed by atoms with Crippen LogP contribution in [0, 0.1) is 12.8 Å². The van der Waals surface area contributed by atoms with E-state index in [-0.39, 0.29) is 28.7 Å². The molecular formula is C14H17N3O4S. The molecule has 0 spiro atoms. The molecule has 0 aromatic carbocycles. The van der Waals surface area contributed by atoms with E-state index in [4.69, 9.17) is 4.52 Å². The summed E-state index contributed by atoms with van der Waals surface area (Å²) in [5, 5.41) is 3.80. The van der Waals surface area contributed by atoms with E-state index in [0.29, 0.717) is 5.69 Å². The third-order valence-electron chi connectivity index (χ3n) is 2.80. The van der Waals surface area contributed by atoms with E-state index in [1.807, 2.05) is 4.72 Å². The summed E-state index contributed by atoms with van der Waals surface area (Å²) in [4.78, 5) is 16.4. The molecule has 2 rings (SSSR count). The minimum Gasteiger partial charge on any atom is -0.360 e. The van der Waals surface area contributed by atoms with Gasteiger partial charge in [0.2, 0.25) is 10.0 Å². The third kappa shape index (κ3) is 3.70. The topological polar surface area (TPSA) is 102 Å². The van der Waals surface area contributed by atoms with Crippen molar-refractivity contribution in [2.45, 2.75) is 20.8 Å². The predicted molar refractivity (Wildman–Crippen MR) is 80.6 cm³/mol. The van der Waals surface area contributed by atoms with Crippen LogP contribution in [0.4, 0.5) is 0 Å². The quantitative estimate of drug-likeness (QED) is 0.899. The molecule has 1 amide bonds. The summed E-state index contributed by atoms with van der Waals surface area (Å²) < 4.78 is 30.9. The van der Waals surface area contributed by atoms with Crippen molar-refractivity contribution in [2.75, 3.05) is 5.75 Å². The zero-order valence-corrected chi connectivity index (χ0v) is 13.3. The van der Waals surface area contributed by atoms with Gasteiger partial charge in [0.1, 0.15) is 17.0 Å². The largest absolute Gasteiger partial charge is 0.360 e. The summed E-state index contributed by atoms with van der Waals surface area (Å²) in [5.41, 5.74) is 0.729. The second-order valence-corrected chi connectivity index (χ2v) is 7.05. The Kier molecular flexibility index (Phi) is 4.60. The van der Waals surface area contributed by atoms with Crippen LogP contribution in [0.1, 0.15) is 30.0 Å². The highest BCUT2D eigenvalue weighted by molar-refractivity contribution is 7.90. The van der Waals surface area contributed by atoms with Gasteiger partial charge in [0.15, 0.2) is 0 Å². The van der Waals surface area contributed by atoms with Crippen LogP contribution < -0.4 is 4.72 Å². The first-order valence-corrected chi connectivity index (χ1v) is 8.38. The fraction of sp³-hybridized carbons (Fsp3) is 0.357. The van der Waals surface area contributed by atoms with E-state index in [1.165, 1.54) is 0 Å². The maximum atomic E-state index is 12.3. The van der Waals surface area contributed by atoms with E-state index in [2.05, 4.69) is 10.1 Å². The number of sulfonamides is 1. The van der Waals surface area contributed by atoms with Gasteiger partial charge in [0.25, 0.3) is 5.91 Å². The Labute approximate surface area is 128 Å². The van der Waals surface area contributed by atoms with Crippen molar-refractivity contribution < 1.29 is 17.7 Å². The van der Waals surface area contributed by atoms with Crippen LogP contribution in [-0.2, 0) is 10.0 Å². The Balaban J connectivity index is 2.34. The number of aromatic nitrogens is 2. The number of nitrogens with one attached hydrogen (secondary N) is 1. The Morgan fingerprint density at radius 1 is 1.36 bits per heavy atom. The second kappa shape index (κ2) is 6.27. The van der Waals surface area contributed by atoms with E-state index in [1.54, 1.807) is 45.2 Å². The molecule has 8 heteroatoms. The molecular weight excluding hydrogens is 306 g/mol. The number of hydrogen-bond acceptors (Lipinski definition) is 6. The molecule has 2 aromatic heterocycles. The van der Waals surface area contributed by atoms with Crippen LogP contribution in [-0.4, -0.2) is 30.2 Å². The number of nitrogens with zero attached hydrogens (tertiary/aromatic N) is 2. The SMILES string of the molecule is Cc1onc(-c2ccccn2)c1C(=O)NS(=O)(=O)CC(C)C. The monoisotopic (exact) mass is 323 g/mol. The minimum atomic E-state index is -3.71. The molecule has 1 N–H and O–H groups in total. The summed E-state index contributed by atoms with van der Waals surface area (Å²) in [6.45, 7) is 5.06. The number of pyridine rings is 1. The summed E-state index contributed by atoms with van der Waals surface area (Å²) in [5.74, 6) is -0.760. The molecule has 0 fully saturated rings. The maximum Gasteiger partial charge on any atom is 0.270 e. The Hall–Kier alpha value is -2.22. The van der Waals surface area contributed by atoms with Gasteiger partial charge in [0.05, 0.1) is 11.4 Å². The molecule has 0 radical (unpaired) electrons. The molecule has 0 saturated carbocycles. The average molecular weight is 323 g/mol. The van der Waals surface area contributed by atoms with E-state index in [0.717, 1.165) is 0 Å². The molecule has 2 aromatic rings. The Morgan fingerprint density at radius 3 is 2.68 bits per heavy atom. The predicted octanol–water partition coefficient (Wildman–Crippen LogP) is 1.76. The van der Waals surface area contributed by atoms with Gasteiger partial charge in [-0.25, -0.2) is 13.1 Å². The summed E-state index contributed by atoms with van der Waals surface area (Å²) >= 11 is 0. The molecule has 0 saturated heterocycles. The van der Waals surface area contributed by atoms with Crippen molar-refractivity contribution in [3.05, 3.63) is 35.7 Å².